The molecule has 2 aromatic carbocycles. The van der Waals surface area contributed by atoms with Gasteiger partial charge in [-0.05, 0) is 36.6 Å². The smallest absolute Gasteiger partial charge is 0.272 e. The van der Waals surface area contributed by atoms with Crippen LogP contribution in [-0.4, -0.2) is 42.3 Å². The van der Waals surface area contributed by atoms with Crippen molar-refractivity contribution in [3.8, 4) is 0 Å². The molecular formula is C22H17Br2Cl2N3O5. The number of benzene rings is 2. The maximum atomic E-state index is 13.7. The zero-order chi connectivity index (χ0) is 24.7. The van der Waals surface area contributed by atoms with Gasteiger partial charge in [-0.25, -0.2) is 5.01 Å². The van der Waals surface area contributed by atoms with Crippen LogP contribution in [0.2, 0.25) is 10.0 Å². The normalized spacial score (nSPS) is 24.2. The largest absolute Gasteiger partial charge is 0.282 e. The summed E-state index contributed by atoms with van der Waals surface area (Å²) in [5.41, 5.74) is -0.257. The second-order valence-corrected chi connectivity index (χ2v) is 11.3. The fourth-order valence-corrected chi connectivity index (χ4v) is 6.02. The Kier molecular flexibility index (Phi) is 7.33. The number of rotatable bonds is 5. The van der Waals surface area contributed by atoms with Crippen molar-refractivity contribution < 1.29 is 19.3 Å². The zero-order valence-electron chi connectivity index (χ0n) is 17.4. The van der Waals surface area contributed by atoms with E-state index in [4.69, 9.17) is 23.2 Å². The highest BCUT2D eigenvalue weighted by Gasteiger charge is 2.54. The van der Waals surface area contributed by atoms with Crippen molar-refractivity contribution in [1.82, 2.24) is 10.0 Å². The number of para-hydroxylation sites is 1. The van der Waals surface area contributed by atoms with E-state index in [1.165, 1.54) is 30.3 Å². The highest BCUT2D eigenvalue weighted by Crippen LogP contribution is 2.44. The number of nitro benzene ring substituents is 1. The maximum absolute atomic E-state index is 13.7. The van der Waals surface area contributed by atoms with E-state index in [2.05, 4.69) is 31.9 Å². The van der Waals surface area contributed by atoms with Crippen LogP contribution in [-0.2, 0) is 16.1 Å². The summed E-state index contributed by atoms with van der Waals surface area (Å²) in [5, 5.41) is 14.0. The van der Waals surface area contributed by atoms with Crippen LogP contribution < -0.4 is 0 Å². The number of carbonyl (C=O) groups is 3. The van der Waals surface area contributed by atoms with Crippen LogP contribution in [0.1, 0.15) is 28.8 Å². The van der Waals surface area contributed by atoms with E-state index < -0.39 is 40.2 Å². The summed E-state index contributed by atoms with van der Waals surface area (Å²) in [6.45, 7) is -0.257. The SMILES string of the molecule is O=C(c1ccccc1[N+](=O)[O-])N(Cc1ccc(Cl)cc1Cl)N1C(=O)[C@@H]2C[C@H](Br)[C@@H](Br)C[C@H]2C1=O. The minimum absolute atomic E-state index is 0.0180. The molecule has 0 unspecified atom stereocenters. The Morgan fingerprint density at radius 3 is 2.21 bits per heavy atom. The Labute approximate surface area is 221 Å². The standard InChI is InChI=1S/C22H17Br2Cl2N3O5/c23-16-8-14-15(9-17(16)24)22(32)28(21(14)31)27(10-11-5-6-12(25)7-18(11)26)20(30)13-3-1-2-4-19(13)29(33)34/h1-7,14-17H,8-10H2/t14-,15-,16+,17+/m1/s1. The minimum Gasteiger partial charge on any atom is -0.272 e. The molecule has 4 atom stereocenters. The second-order valence-electron chi connectivity index (χ2n) is 8.08. The third-order valence-corrected chi connectivity index (χ3v) is 9.35. The van der Waals surface area contributed by atoms with Crippen molar-refractivity contribution in [3.05, 3.63) is 73.8 Å². The summed E-state index contributed by atoms with van der Waals surface area (Å²) in [6, 6.07) is 10.0. The summed E-state index contributed by atoms with van der Waals surface area (Å²) in [5.74, 6) is -3.10. The number of nitrogens with zero attached hydrogens (tertiary/aromatic N) is 3. The summed E-state index contributed by atoms with van der Waals surface area (Å²) in [7, 11) is 0. The number of amides is 3. The third kappa shape index (κ3) is 4.60. The molecule has 34 heavy (non-hydrogen) atoms. The highest BCUT2D eigenvalue weighted by atomic mass is 79.9. The predicted molar refractivity (Wildman–Crippen MR) is 133 cm³/mol. The number of nitro groups is 1. The average Bonchev–Trinajstić information content (AvgIpc) is 3.02. The van der Waals surface area contributed by atoms with Gasteiger partial charge in [0.15, 0.2) is 0 Å². The van der Waals surface area contributed by atoms with Gasteiger partial charge in [0.2, 0.25) is 0 Å². The molecule has 0 bridgehead atoms. The van der Waals surface area contributed by atoms with E-state index in [1.54, 1.807) is 12.1 Å². The molecule has 12 heteroatoms. The molecule has 0 radical (unpaired) electrons. The first kappa shape index (κ1) is 25.1. The lowest BCUT2D eigenvalue weighted by Crippen LogP contribution is -2.50. The summed E-state index contributed by atoms with van der Waals surface area (Å²) in [6.07, 6.45) is 0.827. The van der Waals surface area contributed by atoms with E-state index in [0.717, 1.165) is 10.0 Å². The number of hydrogen-bond acceptors (Lipinski definition) is 5. The molecule has 2 aliphatic rings. The van der Waals surface area contributed by atoms with Crippen LogP contribution >= 0.6 is 55.1 Å². The molecule has 3 amide bonds. The number of hydrazine groups is 1. The summed E-state index contributed by atoms with van der Waals surface area (Å²) in [4.78, 5) is 51.3. The van der Waals surface area contributed by atoms with Gasteiger partial charge in [0, 0.05) is 25.8 Å². The molecular weight excluding hydrogens is 617 g/mol. The number of alkyl halides is 2. The first-order valence-corrected chi connectivity index (χ1v) is 12.8. The molecule has 4 rings (SSSR count). The molecule has 178 valence electrons. The number of hydrogen-bond donors (Lipinski definition) is 0. The number of halogens is 4. The quantitative estimate of drug-likeness (QED) is 0.190. The van der Waals surface area contributed by atoms with Crippen LogP contribution in [0.5, 0.6) is 0 Å². The third-order valence-electron chi connectivity index (χ3n) is 6.03. The van der Waals surface area contributed by atoms with Crippen LogP contribution in [0, 0.1) is 22.0 Å². The topological polar surface area (TPSA) is 101 Å². The summed E-state index contributed by atoms with van der Waals surface area (Å²) < 4.78 is 0. The van der Waals surface area contributed by atoms with Gasteiger partial charge in [-0.2, -0.15) is 5.01 Å². The highest BCUT2D eigenvalue weighted by molar-refractivity contribution is 9.12. The van der Waals surface area contributed by atoms with E-state index in [0.29, 0.717) is 23.4 Å². The van der Waals surface area contributed by atoms with E-state index in [-0.39, 0.29) is 26.8 Å². The van der Waals surface area contributed by atoms with Crippen LogP contribution in [0.3, 0.4) is 0 Å². The van der Waals surface area contributed by atoms with Crippen molar-refractivity contribution in [1.29, 1.82) is 0 Å². The van der Waals surface area contributed by atoms with Crippen molar-refractivity contribution in [2.24, 2.45) is 11.8 Å². The lowest BCUT2D eigenvalue weighted by molar-refractivity contribution is -0.385. The Morgan fingerprint density at radius 1 is 1.06 bits per heavy atom. The first-order valence-electron chi connectivity index (χ1n) is 10.2. The monoisotopic (exact) mass is 631 g/mol. The molecule has 0 N–H and O–H groups in total. The summed E-state index contributed by atoms with van der Waals surface area (Å²) >= 11 is 19.4. The van der Waals surface area contributed by atoms with E-state index in [1.807, 2.05) is 0 Å². The zero-order valence-corrected chi connectivity index (χ0v) is 22.1. The van der Waals surface area contributed by atoms with Crippen LogP contribution in [0.15, 0.2) is 42.5 Å². The number of fused-ring (bicyclic) bond motifs is 1. The van der Waals surface area contributed by atoms with Gasteiger partial charge >= 0.3 is 0 Å². The van der Waals surface area contributed by atoms with Gasteiger partial charge in [0.1, 0.15) is 5.56 Å². The number of carbonyl (C=O) groups excluding carboxylic acids is 3. The second kappa shape index (κ2) is 9.93. The van der Waals surface area contributed by atoms with Crippen LogP contribution in [0.25, 0.3) is 0 Å². The Bertz CT molecular complexity index is 1170. The molecule has 1 heterocycles. The average molecular weight is 634 g/mol. The van der Waals surface area contributed by atoms with Crippen molar-refractivity contribution in [2.45, 2.75) is 29.0 Å². The lowest BCUT2D eigenvalue weighted by Gasteiger charge is -2.31. The predicted octanol–water partition coefficient (Wildman–Crippen LogP) is 5.38. The maximum Gasteiger partial charge on any atom is 0.282 e. The van der Waals surface area contributed by atoms with Gasteiger partial charge in [0.25, 0.3) is 23.4 Å². The molecule has 1 saturated heterocycles. The van der Waals surface area contributed by atoms with Crippen molar-refractivity contribution in [3.63, 3.8) is 0 Å². The molecule has 0 aromatic heterocycles. The van der Waals surface area contributed by atoms with Gasteiger partial charge < -0.3 is 0 Å². The molecule has 8 nitrogen and oxygen atoms in total. The molecule has 1 aliphatic carbocycles. The fraction of sp³-hybridized carbons (Fsp3) is 0.318. The van der Waals surface area contributed by atoms with Gasteiger partial charge in [-0.15, -0.1) is 0 Å². The Morgan fingerprint density at radius 2 is 1.65 bits per heavy atom. The van der Waals surface area contributed by atoms with Gasteiger partial charge in [-0.1, -0.05) is 73.3 Å². The van der Waals surface area contributed by atoms with Gasteiger partial charge in [-0.3, -0.25) is 24.5 Å². The Balaban J connectivity index is 1.78. The lowest BCUT2D eigenvalue weighted by atomic mass is 9.81. The van der Waals surface area contributed by atoms with E-state index >= 15 is 0 Å². The fourth-order valence-electron chi connectivity index (χ4n) is 4.31. The first-order chi connectivity index (χ1) is 16.1. The van der Waals surface area contributed by atoms with Gasteiger partial charge in [0.05, 0.1) is 23.3 Å². The Hall–Kier alpha value is -2.01. The molecule has 2 fully saturated rings. The minimum atomic E-state index is -0.857. The van der Waals surface area contributed by atoms with Crippen molar-refractivity contribution in [2.75, 3.05) is 0 Å². The molecule has 0 spiro atoms. The molecule has 1 saturated carbocycles. The molecule has 1 aliphatic heterocycles. The molecule has 2 aromatic rings. The van der Waals surface area contributed by atoms with Crippen molar-refractivity contribution >= 4 is 78.5 Å². The number of imide groups is 1. The van der Waals surface area contributed by atoms with E-state index in [9.17, 15) is 24.5 Å². The van der Waals surface area contributed by atoms with Crippen LogP contribution in [0.4, 0.5) is 5.69 Å².